The maximum Gasteiger partial charge on any atom is 0.311 e. The zero-order valence-corrected chi connectivity index (χ0v) is 14.0. The first kappa shape index (κ1) is 16.5. The molecule has 2 fully saturated rings. The minimum absolute atomic E-state index is 0.158. The Hall–Kier alpha value is -1.36. The van der Waals surface area contributed by atoms with Crippen molar-refractivity contribution in [1.82, 2.24) is 4.90 Å². The van der Waals surface area contributed by atoms with E-state index in [0.29, 0.717) is 6.61 Å². The Kier molecular flexibility index (Phi) is 5.05. The first-order chi connectivity index (χ1) is 11.1. The van der Waals surface area contributed by atoms with Gasteiger partial charge in [-0.05, 0) is 38.7 Å². The topological polar surface area (TPSA) is 62.1 Å². The second-order valence-electron chi connectivity index (χ2n) is 6.89. The van der Waals surface area contributed by atoms with Crippen molar-refractivity contribution in [3.8, 4) is 0 Å². The summed E-state index contributed by atoms with van der Waals surface area (Å²) >= 11 is 0. The van der Waals surface area contributed by atoms with Gasteiger partial charge in [0.1, 0.15) is 0 Å². The number of aliphatic hydroxyl groups is 1. The number of ether oxygens (including phenoxy) is 1. The van der Waals surface area contributed by atoms with Gasteiger partial charge in [0.25, 0.3) is 0 Å². The first-order valence-electron chi connectivity index (χ1n) is 9.07. The van der Waals surface area contributed by atoms with E-state index < -0.39 is 5.85 Å². The highest BCUT2D eigenvalue weighted by molar-refractivity contribution is 5.78. The molecule has 0 bridgehead atoms. The Bertz CT molecular complexity index is 490. The number of carbonyl (C=O) groups excluding carboxylic acids is 1. The summed E-state index contributed by atoms with van der Waals surface area (Å²) < 4.78 is 5.12. The van der Waals surface area contributed by atoms with Crippen LogP contribution in [-0.4, -0.2) is 40.7 Å². The highest BCUT2D eigenvalue weighted by atomic mass is 16.5. The van der Waals surface area contributed by atoms with E-state index in [0.717, 1.165) is 44.2 Å². The molecule has 0 saturated heterocycles. The molecule has 23 heavy (non-hydrogen) atoms. The number of rotatable bonds is 5. The summed E-state index contributed by atoms with van der Waals surface area (Å²) in [4.78, 5) is 18.6. The number of aliphatic imine (C=N–C) groups is 1. The molecule has 1 unspecified atom stereocenters. The van der Waals surface area contributed by atoms with Crippen LogP contribution in [-0.2, 0) is 9.53 Å². The fraction of sp³-hybridized carbons (Fsp3) is 0.778. The lowest BCUT2D eigenvalue weighted by Gasteiger charge is -2.48. The molecule has 1 atom stereocenters. The van der Waals surface area contributed by atoms with Gasteiger partial charge in [0.2, 0.25) is 5.85 Å². The van der Waals surface area contributed by atoms with Crippen molar-refractivity contribution >= 4 is 12.2 Å². The third-order valence-electron chi connectivity index (χ3n) is 5.42. The van der Waals surface area contributed by atoms with Crippen molar-refractivity contribution in [2.24, 2.45) is 10.9 Å². The van der Waals surface area contributed by atoms with Crippen LogP contribution in [0, 0.1) is 5.92 Å². The molecular formula is C18H28N2O3. The highest BCUT2D eigenvalue weighted by Crippen LogP contribution is 2.44. The van der Waals surface area contributed by atoms with E-state index in [-0.39, 0.29) is 24.3 Å². The zero-order valence-electron chi connectivity index (χ0n) is 14.0. The zero-order chi connectivity index (χ0) is 16.3. The van der Waals surface area contributed by atoms with E-state index in [4.69, 9.17) is 4.74 Å². The van der Waals surface area contributed by atoms with Gasteiger partial charge in [0.15, 0.2) is 0 Å². The summed E-state index contributed by atoms with van der Waals surface area (Å²) in [6, 6.07) is 0.277. The number of carbonyl (C=O) groups is 1. The summed E-state index contributed by atoms with van der Waals surface area (Å²) in [6.07, 6.45) is 12.6. The molecule has 2 saturated carbocycles. The second kappa shape index (κ2) is 7.04. The maximum atomic E-state index is 12.0. The molecule has 128 valence electrons. The lowest BCUT2D eigenvalue weighted by atomic mass is 9.95. The molecule has 1 aliphatic heterocycles. The molecule has 0 aromatic carbocycles. The van der Waals surface area contributed by atoms with Crippen LogP contribution in [0.2, 0.25) is 0 Å². The van der Waals surface area contributed by atoms with Crippen LogP contribution in [0.25, 0.3) is 0 Å². The van der Waals surface area contributed by atoms with Crippen molar-refractivity contribution in [3.05, 3.63) is 11.8 Å². The van der Waals surface area contributed by atoms with E-state index in [1.54, 1.807) is 6.21 Å². The molecular weight excluding hydrogens is 292 g/mol. The average molecular weight is 320 g/mol. The number of allylic oxidation sites excluding steroid dienone is 1. The van der Waals surface area contributed by atoms with Crippen LogP contribution in [0.4, 0.5) is 0 Å². The molecule has 0 aromatic rings. The van der Waals surface area contributed by atoms with Gasteiger partial charge in [-0.2, -0.15) is 0 Å². The van der Waals surface area contributed by atoms with E-state index in [1.807, 2.05) is 13.0 Å². The van der Waals surface area contributed by atoms with E-state index >= 15 is 0 Å². The van der Waals surface area contributed by atoms with E-state index in [1.165, 1.54) is 12.8 Å². The molecule has 3 aliphatic rings. The van der Waals surface area contributed by atoms with Crippen molar-refractivity contribution in [2.75, 3.05) is 6.61 Å². The van der Waals surface area contributed by atoms with Gasteiger partial charge in [0, 0.05) is 23.9 Å². The third-order valence-corrected chi connectivity index (χ3v) is 5.42. The van der Waals surface area contributed by atoms with Crippen molar-refractivity contribution < 1.29 is 14.6 Å². The Morgan fingerprint density at radius 2 is 1.96 bits per heavy atom. The van der Waals surface area contributed by atoms with Crippen LogP contribution in [0.5, 0.6) is 0 Å². The SMILES string of the molecule is CCOC(=O)CC1=CC=NC(O)(C2CCCC2)N1C1CCCC1. The van der Waals surface area contributed by atoms with Crippen LogP contribution < -0.4 is 0 Å². The van der Waals surface area contributed by atoms with Crippen LogP contribution >= 0.6 is 0 Å². The molecule has 3 rings (SSSR count). The van der Waals surface area contributed by atoms with Crippen molar-refractivity contribution in [2.45, 2.75) is 76.6 Å². The van der Waals surface area contributed by atoms with Gasteiger partial charge < -0.3 is 14.7 Å². The Labute approximate surface area is 138 Å². The maximum absolute atomic E-state index is 12.0. The summed E-state index contributed by atoms with van der Waals surface area (Å²) in [5.41, 5.74) is 0.861. The lowest BCUT2D eigenvalue weighted by molar-refractivity contribution is -0.152. The normalized spacial score (nSPS) is 29.1. The van der Waals surface area contributed by atoms with Crippen molar-refractivity contribution in [3.63, 3.8) is 0 Å². The molecule has 0 spiro atoms. The molecule has 5 heteroatoms. The number of hydrogen-bond donors (Lipinski definition) is 1. The summed E-state index contributed by atoms with van der Waals surface area (Å²) in [6.45, 7) is 2.20. The minimum Gasteiger partial charge on any atom is -0.466 e. The Morgan fingerprint density at radius 1 is 1.30 bits per heavy atom. The smallest absolute Gasteiger partial charge is 0.311 e. The van der Waals surface area contributed by atoms with Crippen LogP contribution in [0.1, 0.15) is 64.7 Å². The predicted octanol–water partition coefficient (Wildman–Crippen LogP) is 2.99. The molecule has 1 heterocycles. The molecule has 2 aliphatic carbocycles. The molecule has 0 aromatic heterocycles. The average Bonchev–Trinajstić information content (AvgIpc) is 3.21. The number of esters is 1. The predicted molar refractivity (Wildman–Crippen MR) is 88.8 cm³/mol. The number of nitrogens with zero attached hydrogens (tertiary/aromatic N) is 2. The molecule has 0 amide bonds. The van der Waals surface area contributed by atoms with Crippen molar-refractivity contribution in [1.29, 1.82) is 0 Å². The standard InChI is InChI=1S/C18H28N2O3/c1-2-23-17(21)13-16-11-12-19-18(22,14-7-3-4-8-14)20(16)15-9-5-6-10-15/h11-12,14-15,22H,2-10,13H2,1H3. The minimum atomic E-state index is -1.18. The van der Waals surface area contributed by atoms with E-state index in [9.17, 15) is 9.90 Å². The molecule has 5 nitrogen and oxygen atoms in total. The number of hydrogen-bond acceptors (Lipinski definition) is 5. The van der Waals surface area contributed by atoms with Gasteiger partial charge in [-0.3, -0.25) is 4.79 Å². The van der Waals surface area contributed by atoms with Gasteiger partial charge in [-0.25, -0.2) is 4.99 Å². The summed E-state index contributed by atoms with van der Waals surface area (Å²) in [7, 11) is 0. The van der Waals surface area contributed by atoms with Gasteiger partial charge >= 0.3 is 5.97 Å². The van der Waals surface area contributed by atoms with Crippen LogP contribution in [0.15, 0.2) is 16.8 Å². The van der Waals surface area contributed by atoms with Gasteiger partial charge in [0.05, 0.1) is 13.0 Å². The summed E-state index contributed by atoms with van der Waals surface area (Å²) in [5, 5.41) is 11.4. The monoisotopic (exact) mass is 320 g/mol. The molecule has 0 radical (unpaired) electrons. The van der Waals surface area contributed by atoms with E-state index in [2.05, 4.69) is 9.89 Å². The lowest BCUT2D eigenvalue weighted by Crippen LogP contribution is -2.56. The highest BCUT2D eigenvalue weighted by Gasteiger charge is 2.48. The Morgan fingerprint density at radius 3 is 2.61 bits per heavy atom. The Balaban J connectivity index is 1.86. The van der Waals surface area contributed by atoms with Gasteiger partial charge in [-0.1, -0.05) is 25.7 Å². The second-order valence-corrected chi connectivity index (χ2v) is 6.89. The quantitative estimate of drug-likeness (QED) is 0.791. The third kappa shape index (κ3) is 3.30. The van der Waals surface area contributed by atoms with Gasteiger partial charge in [-0.15, -0.1) is 0 Å². The first-order valence-corrected chi connectivity index (χ1v) is 9.07. The largest absolute Gasteiger partial charge is 0.466 e. The fourth-order valence-corrected chi connectivity index (χ4v) is 4.37. The molecule has 1 N–H and O–H groups in total. The van der Waals surface area contributed by atoms with Crippen LogP contribution in [0.3, 0.4) is 0 Å². The summed E-state index contributed by atoms with van der Waals surface area (Å²) in [5.74, 6) is -1.25. The fourth-order valence-electron chi connectivity index (χ4n) is 4.37.